The first-order chi connectivity index (χ1) is 17.2. The quantitative estimate of drug-likeness (QED) is 0.549. The molecule has 4 heterocycles. The monoisotopic (exact) mass is 498 g/mol. The third-order valence-electron chi connectivity index (χ3n) is 6.74. The van der Waals surface area contributed by atoms with Crippen molar-refractivity contribution >= 4 is 23.4 Å². The van der Waals surface area contributed by atoms with Crippen LogP contribution in [-0.2, 0) is 4.79 Å². The maximum atomic E-state index is 12.7. The smallest absolute Gasteiger partial charge is 0.406 e. The van der Waals surface area contributed by atoms with E-state index in [-0.39, 0.29) is 22.9 Å². The Kier molecular flexibility index (Phi) is 6.15. The van der Waals surface area contributed by atoms with Crippen LogP contribution in [0.5, 0.6) is 5.75 Å². The maximum Gasteiger partial charge on any atom is 0.573 e. The summed E-state index contributed by atoms with van der Waals surface area (Å²) in [6.45, 7) is 2.11. The Morgan fingerprint density at radius 2 is 1.69 bits per heavy atom. The van der Waals surface area contributed by atoms with Gasteiger partial charge in [-0.2, -0.15) is 0 Å². The summed E-state index contributed by atoms with van der Waals surface area (Å²) < 4.78 is 41.9. The third-order valence-corrected chi connectivity index (χ3v) is 6.74. The number of hydrogen-bond acceptors (Lipinski definition) is 7. The topological polar surface area (TPSA) is 83.5 Å². The van der Waals surface area contributed by atoms with E-state index in [0.717, 1.165) is 43.5 Å². The van der Waals surface area contributed by atoms with Crippen LogP contribution in [0.15, 0.2) is 54.7 Å². The van der Waals surface area contributed by atoms with Crippen molar-refractivity contribution in [3.8, 4) is 17.1 Å². The van der Waals surface area contributed by atoms with E-state index in [2.05, 4.69) is 24.9 Å². The molecule has 8 nitrogen and oxygen atoms in total. The van der Waals surface area contributed by atoms with Gasteiger partial charge in [-0.3, -0.25) is 4.79 Å². The van der Waals surface area contributed by atoms with E-state index in [1.165, 1.54) is 6.20 Å². The normalized spacial score (nSPS) is 17.5. The minimum Gasteiger partial charge on any atom is -0.406 e. The van der Waals surface area contributed by atoms with Gasteiger partial charge in [0.05, 0.1) is 5.41 Å². The van der Waals surface area contributed by atoms with E-state index in [9.17, 15) is 18.0 Å². The molecule has 0 aliphatic carbocycles. The van der Waals surface area contributed by atoms with Crippen molar-refractivity contribution in [2.75, 3.05) is 36.9 Å². The number of carbonyl (C=O) groups is 1. The van der Waals surface area contributed by atoms with Crippen molar-refractivity contribution < 1.29 is 22.7 Å². The number of pyridine rings is 1. The highest BCUT2D eigenvalue weighted by Gasteiger charge is 2.47. The zero-order chi connectivity index (χ0) is 25.3. The molecule has 2 saturated heterocycles. The molecule has 3 aromatic rings. The lowest BCUT2D eigenvalue weighted by molar-refractivity contribution is -0.274. The molecule has 2 aromatic heterocycles. The van der Waals surface area contributed by atoms with E-state index in [4.69, 9.17) is 4.98 Å². The largest absolute Gasteiger partial charge is 0.573 e. The number of nitrogens with zero attached hydrogens (tertiary/aromatic N) is 5. The van der Waals surface area contributed by atoms with Gasteiger partial charge in [0, 0.05) is 50.6 Å². The Morgan fingerprint density at radius 1 is 0.972 bits per heavy atom. The Hall–Kier alpha value is -3.89. The van der Waals surface area contributed by atoms with Gasteiger partial charge in [-0.25, -0.2) is 15.0 Å². The van der Waals surface area contributed by atoms with Gasteiger partial charge in [-0.1, -0.05) is 30.3 Å². The molecule has 0 bridgehead atoms. The highest BCUT2D eigenvalue weighted by atomic mass is 19.4. The Morgan fingerprint density at radius 3 is 2.36 bits per heavy atom. The number of benzene rings is 1. The molecule has 11 heteroatoms. The van der Waals surface area contributed by atoms with Gasteiger partial charge in [0.2, 0.25) is 5.91 Å². The van der Waals surface area contributed by atoms with Crippen LogP contribution in [0.1, 0.15) is 19.3 Å². The van der Waals surface area contributed by atoms with Gasteiger partial charge in [0.15, 0.2) is 5.82 Å². The second-order valence-corrected chi connectivity index (χ2v) is 9.09. The predicted octanol–water partition coefficient (Wildman–Crippen LogP) is 4.63. The molecular weight excluding hydrogens is 473 g/mol. The van der Waals surface area contributed by atoms with Gasteiger partial charge in [-0.15, -0.1) is 13.2 Å². The summed E-state index contributed by atoms with van der Waals surface area (Å²) >= 11 is 0. The number of anilines is 3. The minimum absolute atomic E-state index is 0.151. The first-order valence-electron chi connectivity index (χ1n) is 11.6. The zero-order valence-electron chi connectivity index (χ0n) is 19.6. The first kappa shape index (κ1) is 23.8. The van der Waals surface area contributed by atoms with Gasteiger partial charge in [-0.05, 0) is 25.3 Å². The van der Waals surface area contributed by atoms with E-state index in [0.29, 0.717) is 30.5 Å². The third kappa shape index (κ3) is 5.05. The molecule has 2 fully saturated rings. The van der Waals surface area contributed by atoms with Gasteiger partial charge < -0.3 is 19.9 Å². The van der Waals surface area contributed by atoms with Gasteiger partial charge >= 0.3 is 6.36 Å². The summed E-state index contributed by atoms with van der Waals surface area (Å²) in [5, 5.41) is 2.98. The number of piperidine rings is 1. The summed E-state index contributed by atoms with van der Waals surface area (Å²) in [6.07, 6.45) is -1.24. The number of aromatic nitrogens is 3. The lowest BCUT2D eigenvalue weighted by Gasteiger charge is -2.38. The minimum atomic E-state index is -4.80. The van der Waals surface area contributed by atoms with Gasteiger partial charge in [0.1, 0.15) is 23.2 Å². The number of likely N-dealkylation sites (tertiary alicyclic amines) is 1. The number of carbonyl (C=O) groups excluding carboxylic acids is 1. The molecule has 2 aliphatic heterocycles. The second kappa shape index (κ2) is 9.29. The standard InChI is InChI=1S/C25H25F3N6O2/c1-33-12-8-24(23(33)35)9-13-34(14-10-24)21-16-20(31-22(32-21)17-5-3-2-4-6-17)30-19-15-18(7-11-29-19)36-25(26,27)28/h2-7,11,15-16H,8-10,12-14H2,1H3,(H,29,30,31,32). The lowest BCUT2D eigenvalue weighted by Crippen LogP contribution is -2.44. The fourth-order valence-corrected chi connectivity index (χ4v) is 4.81. The van der Waals surface area contributed by atoms with Crippen LogP contribution in [-0.4, -0.2) is 58.8 Å². The number of ether oxygens (including phenoxy) is 1. The maximum absolute atomic E-state index is 12.7. The average Bonchev–Trinajstić information content (AvgIpc) is 3.12. The first-order valence-corrected chi connectivity index (χ1v) is 11.6. The molecule has 1 spiro atoms. The van der Waals surface area contributed by atoms with Crippen molar-refractivity contribution in [2.24, 2.45) is 5.41 Å². The van der Waals surface area contributed by atoms with Crippen molar-refractivity contribution in [1.82, 2.24) is 19.9 Å². The van der Waals surface area contributed by atoms with Crippen LogP contribution in [0, 0.1) is 5.41 Å². The molecule has 1 amide bonds. The molecule has 5 rings (SSSR count). The zero-order valence-corrected chi connectivity index (χ0v) is 19.6. The number of rotatable bonds is 5. The highest BCUT2D eigenvalue weighted by molar-refractivity contribution is 5.85. The summed E-state index contributed by atoms with van der Waals surface area (Å²) in [4.78, 5) is 30.1. The summed E-state index contributed by atoms with van der Waals surface area (Å²) in [5.74, 6) is 1.50. The SMILES string of the molecule is CN1CCC2(CCN(c3cc(Nc4cc(OC(F)(F)F)ccn4)nc(-c4ccccc4)n3)CC2)C1=O. The number of alkyl halides is 3. The van der Waals surface area contributed by atoms with Crippen LogP contribution in [0.4, 0.5) is 30.6 Å². The number of nitrogens with one attached hydrogen (secondary N) is 1. The number of hydrogen-bond donors (Lipinski definition) is 1. The van der Waals surface area contributed by atoms with Crippen LogP contribution in [0.2, 0.25) is 0 Å². The van der Waals surface area contributed by atoms with Crippen LogP contribution < -0.4 is 15.0 Å². The van der Waals surface area contributed by atoms with E-state index < -0.39 is 6.36 Å². The number of halogens is 3. The van der Waals surface area contributed by atoms with Crippen LogP contribution in [0.3, 0.4) is 0 Å². The number of amides is 1. The van der Waals surface area contributed by atoms with Crippen molar-refractivity contribution in [3.63, 3.8) is 0 Å². The lowest BCUT2D eigenvalue weighted by atomic mass is 9.77. The Bertz CT molecular complexity index is 1250. The molecular formula is C25H25F3N6O2. The fraction of sp³-hybridized carbons (Fsp3) is 0.360. The molecule has 188 valence electrons. The second-order valence-electron chi connectivity index (χ2n) is 9.09. The van der Waals surface area contributed by atoms with Crippen LogP contribution in [0.25, 0.3) is 11.4 Å². The molecule has 1 N–H and O–H groups in total. The Labute approximate surface area is 206 Å². The summed E-state index contributed by atoms with van der Waals surface area (Å²) in [6, 6.07) is 13.5. The predicted molar refractivity (Wildman–Crippen MR) is 128 cm³/mol. The summed E-state index contributed by atoms with van der Waals surface area (Å²) in [7, 11) is 1.85. The molecule has 0 radical (unpaired) electrons. The molecule has 0 unspecified atom stereocenters. The molecule has 0 atom stereocenters. The van der Waals surface area contributed by atoms with Crippen molar-refractivity contribution in [2.45, 2.75) is 25.6 Å². The van der Waals surface area contributed by atoms with Crippen LogP contribution >= 0.6 is 0 Å². The van der Waals surface area contributed by atoms with E-state index in [1.54, 1.807) is 11.0 Å². The molecule has 1 aromatic carbocycles. The van der Waals surface area contributed by atoms with E-state index in [1.807, 2.05) is 37.4 Å². The highest BCUT2D eigenvalue weighted by Crippen LogP contribution is 2.42. The fourth-order valence-electron chi connectivity index (χ4n) is 4.81. The molecule has 2 aliphatic rings. The average molecular weight is 499 g/mol. The summed E-state index contributed by atoms with van der Waals surface area (Å²) in [5.41, 5.74) is 0.496. The molecule has 0 saturated carbocycles. The van der Waals surface area contributed by atoms with E-state index >= 15 is 0 Å². The molecule has 36 heavy (non-hydrogen) atoms. The van der Waals surface area contributed by atoms with Crippen molar-refractivity contribution in [1.29, 1.82) is 0 Å². The van der Waals surface area contributed by atoms with Gasteiger partial charge in [0.25, 0.3) is 0 Å². The Balaban J connectivity index is 1.42. The van der Waals surface area contributed by atoms with Crippen molar-refractivity contribution in [3.05, 3.63) is 54.7 Å².